The molecule has 0 saturated carbocycles. The van der Waals surface area contributed by atoms with Gasteiger partial charge in [0.15, 0.2) is 0 Å². The fraction of sp³-hybridized carbons (Fsp3) is 1.00. The van der Waals surface area contributed by atoms with E-state index in [1.54, 1.807) is 0 Å². The van der Waals surface area contributed by atoms with Crippen LogP contribution in [0.3, 0.4) is 0 Å². The van der Waals surface area contributed by atoms with Gasteiger partial charge in [0.25, 0.3) is 0 Å². The van der Waals surface area contributed by atoms with Gasteiger partial charge in [-0.1, -0.05) is 0 Å². The Morgan fingerprint density at radius 3 is 1.55 bits per heavy atom. The first-order chi connectivity index (χ1) is 10.7. The Hall–Kier alpha value is -2.08. The molecule has 1 rings (SSSR count). The third kappa shape index (κ3) is 6.58. The van der Waals surface area contributed by atoms with E-state index in [0.717, 1.165) is 19.5 Å². The van der Waals surface area contributed by atoms with Crippen LogP contribution in [0.4, 0.5) is 0 Å². The molecule has 0 aromatic rings. The molecule has 1 saturated heterocycles. The summed E-state index contributed by atoms with van der Waals surface area (Å²) in [5.74, 6) is 0. The van der Waals surface area contributed by atoms with Gasteiger partial charge in [0, 0.05) is 23.0 Å². The van der Waals surface area contributed by atoms with Gasteiger partial charge in [-0.3, -0.25) is 0 Å². The van der Waals surface area contributed by atoms with Crippen molar-refractivity contribution in [2.45, 2.75) is 12.8 Å². The zero-order valence-electron chi connectivity index (χ0n) is 12.4. The molecule has 0 aromatic heterocycles. The lowest BCUT2D eigenvalue weighted by molar-refractivity contribution is -0.696. The molecule has 1 aliphatic rings. The van der Waals surface area contributed by atoms with E-state index in [9.17, 15) is 20.8 Å². The molecule has 0 radical (unpaired) electrons. The average Bonchev–Trinajstić information content (AvgIpc) is 2.55. The number of nitrogens with zero attached hydrogens (tertiary/aromatic N) is 6. The van der Waals surface area contributed by atoms with Gasteiger partial charge in [-0.15, -0.1) is 10.0 Å². The fourth-order valence-corrected chi connectivity index (χ4v) is 2.11. The van der Waals surface area contributed by atoms with E-state index in [2.05, 4.69) is 21.2 Å². The predicted octanol–water partition coefficient (Wildman–Crippen LogP) is -0.686. The Bertz CT molecular complexity index is 335. The van der Waals surface area contributed by atoms with E-state index in [4.69, 9.17) is 0 Å². The molecule has 1 fully saturated rings. The van der Waals surface area contributed by atoms with E-state index in [0.29, 0.717) is 32.6 Å². The predicted molar refractivity (Wildman–Crippen MR) is 77.0 cm³/mol. The van der Waals surface area contributed by atoms with Gasteiger partial charge < -0.3 is 31.5 Å². The summed E-state index contributed by atoms with van der Waals surface area (Å²) in [7, 11) is 0. The number of hydrazine groups is 2. The van der Waals surface area contributed by atoms with Gasteiger partial charge in [-0.05, 0) is 36.5 Å². The monoisotopic (exact) mass is 318 g/mol. The minimum Gasteiger partial charge on any atom is -0.737 e. The molecule has 1 aliphatic heterocycles. The molecule has 12 heteroatoms. The Balaban J connectivity index is 2.61. The summed E-state index contributed by atoms with van der Waals surface area (Å²) in [6.45, 7) is 3.76. The first kappa shape index (κ1) is 18.0. The van der Waals surface area contributed by atoms with Crippen molar-refractivity contribution in [1.82, 2.24) is 20.7 Å². The quantitative estimate of drug-likeness (QED) is 0.385. The second-order valence-electron chi connectivity index (χ2n) is 4.78. The molecule has 0 bridgehead atoms. The molecule has 128 valence electrons. The van der Waals surface area contributed by atoms with Gasteiger partial charge in [-0.25, -0.2) is 0 Å². The third-order valence-electron chi connectivity index (χ3n) is 3.26. The summed E-state index contributed by atoms with van der Waals surface area (Å²) in [6.07, 6.45) is 1.28. The van der Waals surface area contributed by atoms with E-state index < -0.39 is 0 Å². The van der Waals surface area contributed by atoms with Crippen LogP contribution in [0.1, 0.15) is 12.8 Å². The summed E-state index contributed by atoms with van der Waals surface area (Å²) in [6, 6.07) is 0. The van der Waals surface area contributed by atoms with Crippen LogP contribution < -0.4 is 10.6 Å². The molecule has 1 heterocycles. The summed E-state index contributed by atoms with van der Waals surface area (Å²) in [4.78, 5) is 0.0127. The Labute approximate surface area is 128 Å². The van der Waals surface area contributed by atoms with Crippen LogP contribution in [-0.2, 0) is 0 Å². The van der Waals surface area contributed by atoms with Crippen molar-refractivity contribution in [1.29, 1.82) is 0 Å². The third-order valence-corrected chi connectivity index (χ3v) is 3.26. The lowest BCUT2D eigenvalue weighted by Gasteiger charge is -2.23. The van der Waals surface area contributed by atoms with Gasteiger partial charge in [0.1, 0.15) is 0 Å². The van der Waals surface area contributed by atoms with Crippen molar-refractivity contribution >= 4 is 0 Å². The first-order valence-corrected chi connectivity index (χ1v) is 7.21. The second kappa shape index (κ2) is 10.6. The number of rotatable bonds is 2. The number of nitrogens with one attached hydrogen (secondary N) is 2. The highest BCUT2D eigenvalue weighted by Crippen LogP contribution is 1.98. The van der Waals surface area contributed by atoms with Crippen LogP contribution >= 0.6 is 0 Å². The summed E-state index contributed by atoms with van der Waals surface area (Å²) >= 11 is 0. The Morgan fingerprint density at radius 1 is 0.682 bits per heavy atom. The minimum atomic E-state index is 0.00633. The molecule has 0 amide bonds. The van der Waals surface area contributed by atoms with Crippen LogP contribution in [0, 0.1) is 20.8 Å². The van der Waals surface area contributed by atoms with Crippen LogP contribution in [0.15, 0.2) is 10.6 Å². The van der Waals surface area contributed by atoms with Crippen molar-refractivity contribution < 1.29 is 9.94 Å². The maximum Gasteiger partial charge on any atom is 0.0892 e. The lowest BCUT2D eigenvalue weighted by atomic mass is 10.3. The highest BCUT2D eigenvalue weighted by molar-refractivity contribution is 4.58. The lowest BCUT2D eigenvalue weighted by Crippen LogP contribution is -2.42. The van der Waals surface area contributed by atoms with Gasteiger partial charge in [0.05, 0.1) is 26.2 Å². The maximum absolute atomic E-state index is 11.3. The Morgan fingerprint density at radius 2 is 1.14 bits per heavy atom. The Kier molecular flexibility index (Phi) is 8.67. The molecular formula is C10H22N8O4-2. The number of hydrogen-bond donors (Lipinski definition) is 2. The molecule has 0 aromatic carbocycles. The first-order valence-electron chi connectivity index (χ1n) is 7.21. The largest absolute Gasteiger partial charge is 0.737 e. The van der Waals surface area contributed by atoms with Crippen molar-refractivity contribution in [3.8, 4) is 0 Å². The smallest absolute Gasteiger partial charge is 0.0892 e. The molecule has 0 spiro atoms. The number of hydrogen-bond acceptors (Lipinski definition) is 8. The molecule has 0 aliphatic carbocycles. The topological polar surface area (TPSA) is 154 Å². The average molecular weight is 318 g/mol. The second-order valence-corrected chi connectivity index (χ2v) is 4.78. The van der Waals surface area contributed by atoms with Crippen molar-refractivity contribution in [3.05, 3.63) is 20.8 Å². The van der Waals surface area contributed by atoms with Gasteiger partial charge in [0.2, 0.25) is 0 Å². The molecule has 0 unspecified atom stereocenters. The molecule has 12 nitrogen and oxygen atoms in total. The van der Waals surface area contributed by atoms with Gasteiger partial charge in [-0.2, -0.15) is 0 Å². The van der Waals surface area contributed by atoms with Crippen molar-refractivity contribution in [3.63, 3.8) is 0 Å². The standard InChI is InChI=1S/C10H24N8O4/c19-13-17(21)15-7-2-8-16(18(22)14-20)10-6-12-4-1-3-11-5-9-15/h11-12,19-20H,1-10H2/p-2/b17-13-,18-14-. The van der Waals surface area contributed by atoms with Crippen LogP contribution in [0.2, 0.25) is 0 Å². The highest BCUT2D eigenvalue weighted by atomic mass is 16.6. The highest BCUT2D eigenvalue weighted by Gasteiger charge is 2.15. The molecular weight excluding hydrogens is 296 g/mol. The van der Waals surface area contributed by atoms with E-state index in [1.807, 2.05) is 0 Å². The fourth-order valence-electron chi connectivity index (χ4n) is 2.11. The summed E-state index contributed by atoms with van der Waals surface area (Å²) in [5.41, 5.74) is 0. The normalized spacial score (nSPS) is 21.5. The van der Waals surface area contributed by atoms with Crippen molar-refractivity contribution in [2.24, 2.45) is 10.6 Å². The SMILES string of the molecule is [O-]/N=[N+](\[O-])N1CCCN(/[N+]([O-])=N/[O-])CCNCCCNCC1. The molecule has 22 heavy (non-hydrogen) atoms. The molecule has 2 N–H and O–H groups in total. The molecule has 0 atom stereocenters. The van der Waals surface area contributed by atoms with Crippen LogP contribution in [-0.4, -0.2) is 72.3 Å². The minimum absolute atomic E-state index is 0.00633. The summed E-state index contributed by atoms with van der Waals surface area (Å²) < 4.78 is 0. The van der Waals surface area contributed by atoms with E-state index in [1.165, 1.54) is 10.0 Å². The zero-order valence-corrected chi connectivity index (χ0v) is 12.4. The van der Waals surface area contributed by atoms with Crippen LogP contribution in [0.25, 0.3) is 0 Å². The van der Waals surface area contributed by atoms with Gasteiger partial charge >= 0.3 is 0 Å². The van der Waals surface area contributed by atoms with E-state index in [-0.39, 0.29) is 23.0 Å². The summed E-state index contributed by atoms with van der Waals surface area (Å²) in [5, 5.41) is 56.9. The van der Waals surface area contributed by atoms with E-state index >= 15 is 0 Å². The van der Waals surface area contributed by atoms with Crippen LogP contribution in [0.5, 0.6) is 0 Å². The zero-order chi connectivity index (χ0) is 16.2. The maximum atomic E-state index is 11.3. The van der Waals surface area contributed by atoms with Crippen molar-refractivity contribution in [2.75, 3.05) is 52.4 Å².